The van der Waals surface area contributed by atoms with Crippen LogP contribution in [0.25, 0.3) is 0 Å². The van der Waals surface area contributed by atoms with Crippen LogP contribution in [-0.4, -0.2) is 0 Å². The highest BCUT2D eigenvalue weighted by molar-refractivity contribution is 7.16. The number of halogens is 1. The first-order chi connectivity index (χ1) is 9.12. The Bertz CT molecular complexity index is 446. The average Bonchev–Trinajstić information content (AvgIpc) is 2.73. The molecule has 1 aromatic rings. The van der Waals surface area contributed by atoms with Gasteiger partial charge in [-0.2, -0.15) is 0 Å². The Hall–Kier alpha value is -0.0500. The van der Waals surface area contributed by atoms with Crippen LogP contribution in [0.2, 0.25) is 4.34 Å². The molecule has 0 saturated heterocycles. The second-order valence-corrected chi connectivity index (χ2v) is 9.12. The zero-order chi connectivity index (χ0) is 13.0. The van der Waals surface area contributed by atoms with E-state index in [1.54, 1.807) is 11.3 Å². The van der Waals surface area contributed by atoms with E-state index in [-0.39, 0.29) is 6.04 Å². The van der Waals surface area contributed by atoms with Gasteiger partial charge in [0.2, 0.25) is 0 Å². The lowest BCUT2D eigenvalue weighted by Gasteiger charge is -2.57. The highest BCUT2D eigenvalue weighted by Crippen LogP contribution is 2.62. The second-order valence-electron chi connectivity index (χ2n) is 7.37. The van der Waals surface area contributed by atoms with E-state index in [4.69, 9.17) is 17.3 Å². The lowest BCUT2D eigenvalue weighted by atomic mass is 9.48. The van der Waals surface area contributed by atoms with E-state index in [1.807, 2.05) is 6.07 Å². The van der Waals surface area contributed by atoms with Crippen LogP contribution in [0, 0.1) is 23.2 Å². The monoisotopic (exact) mass is 295 g/mol. The van der Waals surface area contributed by atoms with Crippen LogP contribution in [0.1, 0.15) is 55.9 Å². The Morgan fingerprint density at radius 1 is 1.16 bits per heavy atom. The maximum Gasteiger partial charge on any atom is 0.0931 e. The molecule has 0 aliphatic heterocycles. The van der Waals surface area contributed by atoms with Gasteiger partial charge in [0.25, 0.3) is 0 Å². The highest BCUT2D eigenvalue weighted by Gasteiger charge is 2.51. The maximum absolute atomic E-state index is 6.48. The molecule has 4 fully saturated rings. The summed E-state index contributed by atoms with van der Waals surface area (Å²) in [6, 6.07) is 4.31. The van der Waals surface area contributed by atoms with Crippen molar-refractivity contribution in [3.05, 3.63) is 21.3 Å². The van der Waals surface area contributed by atoms with Gasteiger partial charge in [-0.05, 0) is 80.2 Å². The average molecular weight is 296 g/mol. The molecule has 5 rings (SSSR count). The van der Waals surface area contributed by atoms with Crippen molar-refractivity contribution in [3.8, 4) is 0 Å². The summed E-state index contributed by atoms with van der Waals surface area (Å²) in [6.45, 7) is 0. The van der Waals surface area contributed by atoms with Crippen LogP contribution in [0.4, 0.5) is 0 Å². The van der Waals surface area contributed by atoms with Crippen LogP contribution in [0.15, 0.2) is 12.1 Å². The fourth-order valence-electron chi connectivity index (χ4n) is 5.63. The molecule has 4 saturated carbocycles. The zero-order valence-electron chi connectivity index (χ0n) is 11.3. The number of rotatable bonds is 3. The van der Waals surface area contributed by atoms with E-state index < -0.39 is 0 Å². The Morgan fingerprint density at radius 3 is 2.21 bits per heavy atom. The molecular weight excluding hydrogens is 274 g/mol. The summed E-state index contributed by atoms with van der Waals surface area (Å²) in [5.41, 5.74) is 7.06. The first-order valence-corrected chi connectivity index (χ1v) is 8.82. The third-order valence-electron chi connectivity index (χ3n) is 5.78. The third-order valence-corrected chi connectivity index (χ3v) is 7.14. The van der Waals surface area contributed by atoms with Gasteiger partial charge in [-0.15, -0.1) is 11.3 Å². The molecule has 2 N–H and O–H groups in total. The Kier molecular flexibility index (Phi) is 2.98. The zero-order valence-corrected chi connectivity index (χ0v) is 12.8. The Labute approximate surface area is 124 Å². The predicted molar refractivity (Wildman–Crippen MR) is 81.5 cm³/mol. The summed E-state index contributed by atoms with van der Waals surface area (Å²) >= 11 is 7.71. The molecule has 0 radical (unpaired) electrons. The molecule has 1 heterocycles. The van der Waals surface area contributed by atoms with Gasteiger partial charge in [-0.1, -0.05) is 11.6 Å². The predicted octanol–water partition coefficient (Wildman–Crippen LogP) is 5.01. The quantitative estimate of drug-likeness (QED) is 0.833. The van der Waals surface area contributed by atoms with Crippen molar-refractivity contribution >= 4 is 22.9 Å². The van der Waals surface area contributed by atoms with Crippen LogP contribution in [0.5, 0.6) is 0 Å². The van der Waals surface area contributed by atoms with Crippen LogP contribution >= 0.6 is 22.9 Å². The minimum absolute atomic E-state index is 0.203. The van der Waals surface area contributed by atoms with E-state index in [2.05, 4.69) is 6.07 Å². The van der Waals surface area contributed by atoms with E-state index in [9.17, 15) is 0 Å². The molecule has 1 atom stereocenters. The number of hydrogen-bond donors (Lipinski definition) is 1. The van der Waals surface area contributed by atoms with E-state index in [0.717, 1.165) is 22.1 Å². The summed E-state index contributed by atoms with van der Waals surface area (Å²) < 4.78 is 0.871. The van der Waals surface area contributed by atoms with Gasteiger partial charge in [0, 0.05) is 10.9 Å². The standard InChI is InChI=1S/C16H22ClNS/c17-15-2-1-14(19-15)13(18)9-16-6-10-3-11(7-16)5-12(4-10)8-16/h1-2,10-13H,3-9,18H2. The van der Waals surface area contributed by atoms with Crippen molar-refractivity contribution in [2.24, 2.45) is 28.9 Å². The van der Waals surface area contributed by atoms with Gasteiger partial charge in [0.1, 0.15) is 0 Å². The minimum atomic E-state index is 0.203. The molecule has 3 heteroatoms. The van der Waals surface area contributed by atoms with Crippen molar-refractivity contribution in [2.75, 3.05) is 0 Å². The van der Waals surface area contributed by atoms with E-state index in [1.165, 1.54) is 49.8 Å². The molecule has 19 heavy (non-hydrogen) atoms. The number of hydrogen-bond acceptors (Lipinski definition) is 2. The minimum Gasteiger partial charge on any atom is -0.323 e. The molecular formula is C16H22ClNS. The van der Waals surface area contributed by atoms with Crippen molar-refractivity contribution < 1.29 is 0 Å². The van der Waals surface area contributed by atoms with Gasteiger partial charge in [-0.25, -0.2) is 0 Å². The maximum atomic E-state index is 6.48. The van der Waals surface area contributed by atoms with Crippen LogP contribution < -0.4 is 5.73 Å². The van der Waals surface area contributed by atoms with E-state index in [0.29, 0.717) is 5.41 Å². The summed E-state index contributed by atoms with van der Waals surface area (Å²) in [6.07, 6.45) is 10.1. The first kappa shape index (κ1) is 12.7. The molecule has 4 aliphatic rings. The summed E-state index contributed by atoms with van der Waals surface area (Å²) in [4.78, 5) is 1.28. The summed E-state index contributed by atoms with van der Waals surface area (Å²) in [5.74, 6) is 3.06. The van der Waals surface area contributed by atoms with Gasteiger partial charge >= 0.3 is 0 Å². The summed E-state index contributed by atoms with van der Waals surface area (Å²) in [7, 11) is 0. The lowest BCUT2D eigenvalue weighted by Crippen LogP contribution is -2.47. The van der Waals surface area contributed by atoms with Crippen molar-refractivity contribution in [1.29, 1.82) is 0 Å². The lowest BCUT2D eigenvalue weighted by molar-refractivity contribution is -0.0603. The van der Waals surface area contributed by atoms with E-state index >= 15 is 0 Å². The van der Waals surface area contributed by atoms with Crippen LogP contribution in [0.3, 0.4) is 0 Å². The molecule has 4 bridgehead atoms. The molecule has 0 spiro atoms. The SMILES string of the molecule is NC(CC12CC3CC(CC(C3)C1)C2)c1ccc(Cl)s1. The normalized spacial score (nSPS) is 41.7. The van der Waals surface area contributed by atoms with Gasteiger partial charge in [0.05, 0.1) is 4.34 Å². The molecule has 1 aromatic heterocycles. The molecule has 0 amide bonds. The van der Waals surface area contributed by atoms with Gasteiger partial charge in [0.15, 0.2) is 0 Å². The smallest absolute Gasteiger partial charge is 0.0931 e. The molecule has 104 valence electrons. The Morgan fingerprint density at radius 2 is 1.74 bits per heavy atom. The number of thiophene rings is 1. The third kappa shape index (κ3) is 2.26. The summed E-state index contributed by atoms with van der Waals surface area (Å²) in [5, 5.41) is 0. The molecule has 1 nitrogen and oxygen atoms in total. The largest absolute Gasteiger partial charge is 0.323 e. The van der Waals surface area contributed by atoms with Gasteiger partial charge in [-0.3, -0.25) is 0 Å². The first-order valence-electron chi connectivity index (χ1n) is 7.63. The topological polar surface area (TPSA) is 26.0 Å². The fourth-order valence-corrected chi connectivity index (χ4v) is 6.70. The van der Waals surface area contributed by atoms with Crippen molar-refractivity contribution in [3.63, 3.8) is 0 Å². The van der Waals surface area contributed by atoms with Crippen LogP contribution in [-0.2, 0) is 0 Å². The van der Waals surface area contributed by atoms with Gasteiger partial charge < -0.3 is 5.73 Å². The molecule has 4 aliphatic carbocycles. The fraction of sp³-hybridized carbons (Fsp3) is 0.750. The number of nitrogens with two attached hydrogens (primary N) is 1. The molecule has 1 unspecified atom stereocenters. The second kappa shape index (κ2) is 4.47. The highest BCUT2D eigenvalue weighted by atomic mass is 35.5. The Balaban J connectivity index is 1.53. The van der Waals surface area contributed by atoms with Crippen molar-refractivity contribution in [1.82, 2.24) is 0 Å². The molecule has 0 aromatic carbocycles. The van der Waals surface area contributed by atoms with Crippen molar-refractivity contribution in [2.45, 2.75) is 51.0 Å².